The van der Waals surface area contributed by atoms with E-state index in [-0.39, 0.29) is 6.10 Å². The van der Waals surface area contributed by atoms with E-state index in [0.29, 0.717) is 0 Å². The summed E-state index contributed by atoms with van der Waals surface area (Å²) < 4.78 is 5.72. The topological polar surface area (TPSA) is 21.3 Å². The van der Waals surface area contributed by atoms with Crippen molar-refractivity contribution in [3.8, 4) is 0 Å². The predicted molar refractivity (Wildman–Crippen MR) is 60.0 cm³/mol. The summed E-state index contributed by atoms with van der Waals surface area (Å²) in [7, 11) is 0. The Morgan fingerprint density at radius 3 is 2.40 bits per heavy atom. The summed E-state index contributed by atoms with van der Waals surface area (Å²) in [6.45, 7) is 2.76. The Bertz CT molecular complexity index is 323. The van der Waals surface area contributed by atoms with Gasteiger partial charge in [-0.3, -0.25) is 0 Å². The fourth-order valence-electron chi connectivity index (χ4n) is 2.18. The molecule has 0 spiro atoms. The van der Waals surface area contributed by atoms with E-state index in [4.69, 9.17) is 4.74 Å². The molecule has 0 amide bonds. The van der Waals surface area contributed by atoms with Crippen LogP contribution >= 0.6 is 0 Å². The molecule has 1 aliphatic heterocycles. The van der Waals surface area contributed by atoms with E-state index in [2.05, 4.69) is 29.6 Å². The minimum Gasteiger partial charge on any atom is -0.371 e. The minimum atomic E-state index is 0.256. The van der Waals surface area contributed by atoms with Crippen LogP contribution in [0.2, 0.25) is 0 Å². The molecule has 15 heavy (non-hydrogen) atoms. The highest BCUT2D eigenvalue weighted by Crippen LogP contribution is 2.40. The normalized spacial score (nSPS) is 26.5. The van der Waals surface area contributed by atoms with Gasteiger partial charge in [0.25, 0.3) is 0 Å². The highest BCUT2D eigenvalue weighted by Gasteiger charge is 2.23. The zero-order valence-corrected chi connectivity index (χ0v) is 8.91. The number of hydrogen-bond acceptors (Lipinski definition) is 2. The zero-order chi connectivity index (χ0) is 10.1. The number of benzene rings is 1. The second kappa shape index (κ2) is 3.95. The maximum Gasteiger partial charge on any atom is 0.0949 e. The summed E-state index contributed by atoms with van der Waals surface area (Å²) in [6.07, 6.45) is 3.01. The van der Waals surface area contributed by atoms with E-state index in [1.165, 1.54) is 24.0 Å². The Morgan fingerprint density at radius 1 is 1.07 bits per heavy atom. The van der Waals surface area contributed by atoms with Crippen LogP contribution in [0.15, 0.2) is 24.3 Å². The summed E-state index contributed by atoms with van der Waals surface area (Å²) in [4.78, 5) is 0. The second-order valence-electron chi connectivity index (χ2n) is 4.50. The highest BCUT2D eigenvalue weighted by atomic mass is 16.5. The first kappa shape index (κ1) is 9.37. The van der Waals surface area contributed by atoms with Crippen molar-refractivity contribution in [2.45, 2.75) is 24.9 Å². The molecular formula is C13H17NO. The lowest BCUT2D eigenvalue weighted by molar-refractivity contribution is 0.0277. The Kier molecular flexibility index (Phi) is 2.47. The Labute approximate surface area is 90.6 Å². The number of ether oxygens (including phenoxy) is 1. The fraction of sp³-hybridized carbons (Fsp3) is 0.538. The van der Waals surface area contributed by atoms with Crippen LogP contribution < -0.4 is 5.32 Å². The molecule has 2 fully saturated rings. The van der Waals surface area contributed by atoms with Gasteiger partial charge in [-0.05, 0) is 29.9 Å². The number of morpholine rings is 1. The van der Waals surface area contributed by atoms with Crippen molar-refractivity contribution in [2.24, 2.45) is 0 Å². The third-order valence-corrected chi connectivity index (χ3v) is 3.28. The van der Waals surface area contributed by atoms with Gasteiger partial charge in [0.1, 0.15) is 0 Å². The van der Waals surface area contributed by atoms with Crippen LogP contribution in [0.1, 0.15) is 36.0 Å². The third-order valence-electron chi connectivity index (χ3n) is 3.28. The Balaban J connectivity index is 1.73. The lowest BCUT2D eigenvalue weighted by Crippen LogP contribution is -2.33. The van der Waals surface area contributed by atoms with Crippen molar-refractivity contribution in [3.63, 3.8) is 0 Å². The first-order valence-electron chi connectivity index (χ1n) is 5.85. The standard InChI is InChI=1S/C13H17NO/c1-2-10(1)11-3-5-12(6-4-11)13-9-14-7-8-15-13/h3-6,10,13-14H,1-2,7-9H2. The molecule has 1 aromatic rings. The van der Waals surface area contributed by atoms with Crippen molar-refractivity contribution in [2.75, 3.05) is 19.7 Å². The molecule has 0 bridgehead atoms. The minimum absolute atomic E-state index is 0.256. The van der Waals surface area contributed by atoms with Gasteiger partial charge in [-0.2, -0.15) is 0 Å². The Morgan fingerprint density at radius 2 is 1.80 bits per heavy atom. The van der Waals surface area contributed by atoms with Crippen molar-refractivity contribution < 1.29 is 4.74 Å². The van der Waals surface area contributed by atoms with Crippen LogP contribution in [0.3, 0.4) is 0 Å². The predicted octanol–water partition coefficient (Wildman–Crippen LogP) is 2.22. The van der Waals surface area contributed by atoms with E-state index in [1.807, 2.05) is 0 Å². The molecule has 80 valence electrons. The summed E-state index contributed by atoms with van der Waals surface area (Å²) in [6, 6.07) is 8.99. The van der Waals surface area contributed by atoms with Crippen LogP contribution in [0, 0.1) is 0 Å². The van der Waals surface area contributed by atoms with Gasteiger partial charge in [0.05, 0.1) is 12.7 Å². The first-order valence-corrected chi connectivity index (χ1v) is 5.85. The molecule has 1 heterocycles. The van der Waals surface area contributed by atoms with Crippen molar-refractivity contribution in [1.82, 2.24) is 5.32 Å². The van der Waals surface area contributed by atoms with Crippen LogP contribution in [-0.4, -0.2) is 19.7 Å². The Hall–Kier alpha value is -0.860. The SMILES string of the molecule is c1cc(C2CNCCO2)ccc1C1CC1. The molecule has 1 atom stereocenters. The first-order chi connectivity index (χ1) is 7.43. The van der Waals surface area contributed by atoms with Crippen LogP contribution in [-0.2, 0) is 4.74 Å². The van der Waals surface area contributed by atoms with Gasteiger partial charge in [-0.25, -0.2) is 0 Å². The van der Waals surface area contributed by atoms with Crippen LogP contribution in [0.25, 0.3) is 0 Å². The highest BCUT2D eigenvalue weighted by molar-refractivity contribution is 5.29. The molecule has 2 nitrogen and oxygen atoms in total. The van der Waals surface area contributed by atoms with Crippen LogP contribution in [0.5, 0.6) is 0 Å². The van der Waals surface area contributed by atoms with Crippen molar-refractivity contribution >= 4 is 0 Å². The third kappa shape index (κ3) is 2.06. The number of nitrogens with one attached hydrogen (secondary N) is 1. The second-order valence-corrected chi connectivity index (χ2v) is 4.50. The molecular weight excluding hydrogens is 186 g/mol. The van der Waals surface area contributed by atoms with Gasteiger partial charge in [0.15, 0.2) is 0 Å². The number of hydrogen-bond donors (Lipinski definition) is 1. The molecule has 2 heteroatoms. The van der Waals surface area contributed by atoms with E-state index >= 15 is 0 Å². The van der Waals surface area contributed by atoms with Gasteiger partial charge >= 0.3 is 0 Å². The molecule has 1 saturated heterocycles. The van der Waals surface area contributed by atoms with E-state index in [9.17, 15) is 0 Å². The summed E-state index contributed by atoms with van der Waals surface area (Å²) >= 11 is 0. The van der Waals surface area contributed by atoms with E-state index < -0.39 is 0 Å². The van der Waals surface area contributed by atoms with Gasteiger partial charge in [0.2, 0.25) is 0 Å². The van der Waals surface area contributed by atoms with E-state index in [1.54, 1.807) is 0 Å². The van der Waals surface area contributed by atoms with Crippen LogP contribution in [0.4, 0.5) is 0 Å². The van der Waals surface area contributed by atoms with E-state index in [0.717, 1.165) is 25.6 Å². The maximum atomic E-state index is 5.72. The lowest BCUT2D eigenvalue weighted by Gasteiger charge is -2.24. The van der Waals surface area contributed by atoms with Gasteiger partial charge < -0.3 is 10.1 Å². The molecule has 1 aliphatic carbocycles. The molecule has 1 saturated carbocycles. The molecule has 1 N–H and O–H groups in total. The summed E-state index contributed by atoms with van der Waals surface area (Å²) in [5, 5.41) is 3.36. The van der Waals surface area contributed by atoms with Crippen molar-refractivity contribution in [1.29, 1.82) is 0 Å². The molecule has 1 unspecified atom stereocenters. The molecule has 3 rings (SSSR count). The molecule has 2 aliphatic rings. The largest absolute Gasteiger partial charge is 0.371 e. The quantitative estimate of drug-likeness (QED) is 0.795. The maximum absolute atomic E-state index is 5.72. The smallest absolute Gasteiger partial charge is 0.0949 e. The molecule has 1 aromatic carbocycles. The monoisotopic (exact) mass is 203 g/mol. The fourth-order valence-corrected chi connectivity index (χ4v) is 2.18. The average Bonchev–Trinajstić information content (AvgIpc) is 3.15. The zero-order valence-electron chi connectivity index (χ0n) is 8.91. The average molecular weight is 203 g/mol. The molecule has 0 radical (unpaired) electrons. The molecule has 0 aromatic heterocycles. The summed E-state index contributed by atoms with van der Waals surface area (Å²) in [5.41, 5.74) is 2.81. The number of rotatable bonds is 2. The van der Waals surface area contributed by atoms with Gasteiger partial charge in [-0.1, -0.05) is 24.3 Å². The van der Waals surface area contributed by atoms with Gasteiger partial charge in [-0.15, -0.1) is 0 Å². The van der Waals surface area contributed by atoms with Gasteiger partial charge in [0, 0.05) is 13.1 Å². The summed E-state index contributed by atoms with van der Waals surface area (Å²) in [5.74, 6) is 0.851. The lowest BCUT2D eigenvalue weighted by atomic mass is 10.0. The van der Waals surface area contributed by atoms with Crippen molar-refractivity contribution in [3.05, 3.63) is 35.4 Å².